The van der Waals surface area contributed by atoms with Gasteiger partial charge >= 0.3 is 0 Å². The van der Waals surface area contributed by atoms with Gasteiger partial charge in [-0.05, 0) is 6.42 Å². The topological polar surface area (TPSA) is 72.4 Å². The van der Waals surface area contributed by atoms with Gasteiger partial charge in [0.2, 0.25) is 5.91 Å². The highest BCUT2D eigenvalue weighted by atomic mass is 19.3. The second kappa shape index (κ2) is 6.67. The van der Waals surface area contributed by atoms with Crippen LogP contribution in [0.5, 0.6) is 0 Å². The first-order valence-electron chi connectivity index (χ1n) is 4.54. The molecule has 4 N–H and O–H groups in total. The fraction of sp³-hybridized carbons (Fsp3) is 0.875. The van der Waals surface area contributed by atoms with Crippen molar-refractivity contribution in [1.82, 2.24) is 4.90 Å². The number of carbonyl (C=O) groups is 1. The molecule has 0 saturated heterocycles. The number of nitrogens with zero attached hydrogens (tertiary/aromatic N) is 1. The third-order valence-electron chi connectivity index (χ3n) is 1.94. The zero-order valence-electron chi connectivity index (χ0n) is 8.25. The Morgan fingerprint density at radius 1 is 1.50 bits per heavy atom. The lowest BCUT2D eigenvalue weighted by atomic mass is 10.2. The average molecular weight is 209 g/mol. The first kappa shape index (κ1) is 13.2. The molecule has 0 aliphatic heterocycles. The summed E-state index contributed by atoms with van der Waals surface area (Å²) in [4.78, 5) is 12.2. The predicted octanol–water partition coefficient (Wildman–Crippen LogP) is -0.224. The molecule has 0 radical (unpaired) electrons. The maximum Gasteiger partial charge on any atom is 0.251 e. The SMILES string of the molecule is CCC(C(N)=O)N(CCN)CC(F)F. The van der Waals surface area contributed by atoms with Gasteiger partial charge in [-0.2, -0.15) is 0 Å². The van der Waals surface area contributed by atoms with Crippen molar-refractivity contribution in [2.45, 2.75) is 25.8 Å². The van der Waals surface area contributed by atoms with Crippen LogP contribution in [0.2, 0.25) is 0 Å². The maximum atomic E-state index is 12.1. The Labute approximate surface area is 82.2 Å². The minimum absolute atomic E-state index is 0.233. The van der Waals surface area contributed by atoms with Gasteiger partial charge in [0.25, 0.3) is 6.43 Å². The number of rotatable bonds is 7. The summed E-state index contributed by atoms with van der Waals surface area (Å²) in [6.07, 6.45) is -2.06. The number of hydrogen-bond acceptors (Lipinski definition) is 3. The molecule has 0 heterocycles. The second-order valence-electron chi connectivity index (χ2n) is 3.00. The van der Waals surface area contributed by atoms with Crippen LogP contribution in [0.25, 0.3) is 0 Å². The van der Waals surface area contributed by atoms with E-state index in [9.17, 15) is 13.6 Å². The van der Waals surface area contributed by atoms with Crippen molar-refractivity contribution < 1.29 is 13.6 Å². The van der Waals surface area contributed by atoms with E-state index < -0.39 is 24.9 Å². The summed E-state index contributed by atoms with van der Waals surface area (Å²) in [7, 11) is 0. The largest absolute Gasteiger partial charge is 0.368 e. The number of hydrogen-bond donors (Lipinski definition) is 2. The van der Waals surface area contributed by atoms with E-state index in [2.05, 4.69) is 0 Å². The van der Waals surface area contributed by atoms with E-state index in [0.717, 1.165) is 0 Å². The molecule has 0 aromatic heterocycles. The number of halogens is 2. The fourth-order valence-electron chi connectivity index (χ4n) is 1.36. The molecule has 0 fully saturated rings. The Morgan fingerprint density at radius 3 is 2.36 bits per heavy atom. The van der Waals surface area contributed by atoms with Crippen LogP contribution < -0.4 is 11.5 Å². The monoisotopic (exact) mass is 209 g/mol. The Balaban J connectivity index is 4.34. The number of nitrogens with two attached hydrogens (primary N) is 2. The Morgan fingerprint density at radius 2 is 2.07 bits per heavy atom. The second-order valence-corrected chi connectivity index (χ2v) is 3.00. The lowest BCUT2D eigenvalue weighted by Crippen LogP contribution is -2.48. The molecule has 0 aromatic rings. The van der Waals surface area contributed by atoms with E-state index in [1.54, 1.807) is 6.92 Å². The van der Waals surface area contributed by atoms with Gasteiger partial charge in [0, 0.05) is 13.1 Å². The summed E-state index contributed by atoms with van der Waals surface area (Å²) in [6, 6.07) is -0.646. The standard InChI is InChI=1S/C8H17F2N3O/c1-2-6(8(12)14)13(4-3-11)5-7(9)10/h6-7H,2-5,11H2,1H3,(H2,12,14). The van der Waals surface area contributed by atoms with Gasteiger partial charge in [0.15, 0.2) is 0 Å². The van der Waals surface area contributed by atoms with Gasteiger partial charge in [0.05, 0.1) is 12.6 Å². The van der Waals surface area contributed by atoms with Crippen molar-refractivity contribution >= 4 is 5.91 Å². The minimum Gasteiger partial charge on any atom is -0.368 e. The van der Waals surface area contributed by atoms with Crippen molar-refractivity contribution in [3.63, 3.8) is 0 Å². The summed E-state index contributed by atoms with van der Waals surface area (Å²) >= 11 is 0. The Kier molecular flexibility index (Phi) is 6.31. The lowest BCUT2D eigenvalue weighted by Gasteiger charge is -2.27. The molecular formula is C8H17F2N3O. The van der Waals surface area contributed by atoms with Crippen LogP contribution in [0, 0.1) is 0 Å². The van der Waals surface area contributed by atoms with Gasteiger partial charge in [0.1, 0.15) is 0 Å². The minimum atomic E-state index is -2.48. The molecule has 0 saturated carbocycles. The van der Waals surface area contributed by atoms with E-state index in [4.69, 9.17) is 11.5 Å². The highest BCUT2D eigenvalue weighted by Crippen LogP contribution is 2.06. The third kappa shape index (κ3) is 4.48. The third-order valence-corrected chi connectivity index (χ3v) is 1.94. The van der Waals surface area contributed by atoms with Crippen LogP contribution in [-0.4, -0.2) is 42.9 Å². The quantitative estimate of drug-likeness (QED) is 0.608. The van der Waals surface area contributed by atoms with Gasteiger partial charge in [-0.3, -0.25) is 9.69 Å². The van der Waals surface area contributed by atoms with Crippen LogP contribution in [0.15, 0.2) is 0 Å². The average Bonchev–Trinajstić information content (AvgIpc) is 2.03. The highest BCUT2D eigenvalue weighted by Gasteiger charge is 2.23. The molecule has 0 aliphatic carbocycles. The van der Waals surface area contributed by atoms with Crippen LogP contribution in [0.1, 0.15) is 13.3 Å². The molecule has 1 amide bonds. The molecule has 6 heteroatoms. The van der Waals surface area contributed by atoms with Gasteiger partial charge in [-0.1, -0.05) is 6.92 Å². The predicted molar refractivity (Wildman–Crippen MR) is 49.9 cm³/mol. The van der Waals surface area contributed by atoms with Crippen molar-refractivity contribution in [2.24, 2.45) is 11.5 Å². The summed E-state index contributed by atoms with van der Waals surface area (Å²) in [5.41, 5.74) is 10.3. The molecule has 0 bridgehead atoms. The molecule has 4 nitrogen and oxygen atoms in total. The normalized spacial score (nSPS) is 13.6. The lowest BCUT2D eigenvalue weighted by molar-refractivity contribution is -0.124. The van der Waals surface area contributed by atoms with Crippen molar-refractivity contribution in [1.29, 1.82) is 0 Å². The summed E-state index contributed by atoms with van der Waals surface area (Å²) in [6.45, 7) is 1.76. The number of primary amides is 1. The van der Waals surface area contributed by atoms with Gasteiger partial charge in [-0.25, -0.2) is 8.78 Å². The van der Waals surface area contributed by atoms with Crippen LogP contribution >= 0.6 is 0 Å². The van der Waals surface area contributed by atoms with E-state index in [1.807, 2.05) is 0 Å². The van der Waals surface area contributed by atoms with Crippen molar-refractivity contribution in [3.8, 4) is 0 Å². The summed E-state index contributed by atoms with van der Waals surface area (Å²) < 4.78 is 24.3. The number of alkyl halides is 2. The van der Waals surface area contributed by atoms with Crippen molar-refractivity contribution in [2.75, 3.05) is 19.6 Å². The molecule has 0 spiro atoms. The smallest absolute Gasteiger partial charge is 0.251 e. The van der Waals surface area contributed by atoms with Crippen molar-refractivity contribution in [3.05, 3.63) is 0 Å². The first-order chi connectivity index (χ1) is 6.52. The van der Waals surface area contributed by atoms with Gasteiger partial charge in [-0.15, -0.1) is 0 Å². The Hall–Kier alpha value is -0.750. The fourth-order valence-corrected chi connectivity index (χ4v) is 1.36. The van der Waals surface area contributed by atoms with Crippen LogP contribution in [0.3, 0.4) is 0 Å². The summed E-state index contributed by atoms with van der Waals surface area (Å²) in [5.74, 6) is -0.582. The Bertz CT molecular complexity index is 178. The van der Waals surface area contributed by atoms with E-state index in [0.29, 0.717) is 6.42 Å². The zero-order chi connectivity index (χ0) is 11.1. The van der Waals surface area contributed by atoms with Crippen LogP contribution in [-0.2, 0) is 4.79 Å². The first-order valence-corrected chi connectivity index (χ1v) is 4.54. The zero-order valence-corrected chi connectivity index (χ0v) is 8.25. The molecule has 1 atom stereocenters. The number of carbonyl (C=O) groups excluding carboxylic acids is 1. The maximum absolute atomic E-state index is 12.1. The molecule has 0 rings (SSSR count). The highest BCUT2D eigenvalue weighted by molar-refractivity contribution is 5.79. The molecule has 84 valence electrons. The van der Waals surface area contributed by atoms with E-state index in [-0.39, 0.29) is 13.1 Å². The van der Waals surface area contributed by atoms with E-state index >= 15 is 0 Å². The molecule has 0 aromatic carbocycles. The number of amides is 1. The molecule has 14 heavy (non-hydrogen) atoms. The molecule has 0 aliphatic rings. The molecular weight excluding hydrogens is 192 g/mol. The van der Waals surface area contributed by atoms with Gasteiger partial charge < -0.3 is 11.5 Å². The van der Waals surface area contributed by atoms with Crippen LogP contribution in [0.4, 0.5) is 8.78 Å². The molecule has 1 unspecified atom stereocenters. The van der Waals surface area contributed by atoms with E-state index in [1.165, 1.54) is 4.90 Å². The summed E-state index contributed by atoms with van der Waals surface area (Å²) in [5, 5.41) is 0.